The Balaban J connectivity index is 1.39. The second-order valence-electron chi connectivity index (χ2n) is 10.8. The molecule has 0 bridgehead atoms. The van der Waals surface area contributed by atoms with Gasteiger partial charge >= 0.3 is 0 Å². The number of nitrogens with two attached hydrogens (primary N) is 1. The first-order chi connectivity index (χ1) is 19.8. The summed E-state index contributed by atoms with van der Waals surface area (Å²) in [6.07, 6.45) is 6.76. The first-order valence-electron chi connectivity index (χ1n) is 13.7. The molecule has 4 aromatic rings. The van der Waals surface area contributed by atoms with Gasteiger partial charge in [-0.2, -0.15) is 4.39 Å². The molecule has 1 saturated heterocycles. The lowest BCUT2D eigenvalue weighted by Crippen LogP contribution is -2.48. The Kier molecular flexibility index (Phi) is 7.21. The molecule has 2 atom stereocenters. The average molecular weight is 563 g/mol. The van der Waals surface area contributed by atoms with Crippen LogP contribution >= 0.6 is 0 Å². The van der Waals surface area contributed by atoms with E-state index in [1.165, 1.54) is 0 Å². The number of pyridine rings is 3. The van der Waals surface area contributed by atoms with Crippen LogP contribution in [0.1, 0.15) is 30.9 Å². The van der Waals surface area contributed by atoms with Crippen molar-refractivity contribution in [1.29, 1.82) is 0 Å². The maximum absolute atomic E-state index is 14.7. The van der Waals surface area contributed by atoms with Crippen molar-refractivity contribution in [1.82, 2.24) is 19.4 Å². The molecule has 0 amide bonds. The molecule has 41 heavy (non-hydrogen) atoms. The SMILES string of the molecule is COc1cc(CN(Cc2cn3c4c(c(F)c(F)cc4c2=O)O[C@@H](C)C3)[C@H]2CCCN(c3ccc(N)nc3)C2)ccn1. The number of hydrogen-bond donors (Lipinski definition) is 1. The Labute approximate surface area is 236 Å². The third kappa shape index (κ3) is 5.29. The number of benzene rings is 1. The molecule has 2 aliphatic heterocycles. The highest BCUT2D eigenvalue weighted by atomic mass is 19.2. The molecule has 11 heteroatoms. The van der Waals surface area contributed by atoms with E-state index in [1.807, 2.05) is 22.8 Å². The Morgan fingerprint density at radius 3 is 2.80 bits per heavy atom. The van der Waals surface area contributed by atoms with Crippen molar-refractivity contribution >= 4 is 22.4 Å². The maximum atomic E-state index is 14.7. The summed E-state index contributed by atoms with van der Waals surface area (Å²) in [5, 5.41) is 0.118. The zero-order chi connectivity index (χ0) is 28.7. The molecule has 1 fully saturated rings. The zero-order valence-corrected chi connectivity index (χ0v) is 23.0. The average Bonchev–Trinajstić information content (AvgIpc) is 2.98. The highest BCUT2D eigenvalue weighted by Crippen LogP contribution is 2.34. The summed E-state index contributed by atoms with van der Waals surface area (Å²) < 4.78 is 42.0. The van der Waals surface area contributed by atoms with Crippen LogP contribution in [-0.4, -0.2) is 51.8 Å². The van der Waals surface area contributed by atoms with Crippen molar-refractivity contribution in [3.8, 4) is 11.6 Å². The van der Waals surface area contributed by atoms with Gasteiger partial charge in [0.15, 0.2) is 17.0 Å². The topological polar surface area (TPSA) is 98.7 Å². The number of hydrogen-bond acceptors (Lipinski definition) is 8. The minimum absolute atomic E-state index is 0.0969. The third-order valence-corrected chi connectivity index (χ3v) is 7.87. The predicted molar refractivity (Wildman–Crippen MR) is 152 cm³/mol. The van der Waals surface area contributed by atoms with Crippen molar-refractivity contribution < 1.29 is 18.3 Å². The maximum Gasteiger partial charge on any atom is 0.213 e. The van der Waals surface area contributed by atoms with Crippen LogP contribution in [0.4, 0.5) is 20.3 Å². The van der Waals surface area contributed by atoms with Crippen molar-refractivity contribution in [2.45, 2.75) is 51.5 Å². The van der Waals surface area contributed by atoms with Crippen LogP contribution < -0.4 is 25.5 Å². The van der Waals surface area contributed by atoms with Crippen molar-refractivity contribution in [3.63, 3.8) is 0 Å². The van der Waals surface area contributed by atoms with Crippen LogP contribution in [0.3, 0.4) is 0 Å². The lowest BCUT2D eigenvalue weighted by molar-refractivity contribution is 0.156. The van der Waals surface area contributed by atoms with Gasteiger partial charge < -0.3 is 24.7 Å². The highest BCUT2D eigenvalue weighted by molar-refractivity contribution is 5.86. The van der Waals surface area contributed by atoms with Crippen LogP contribution in [0.15, 0.2) is 53.7 Å². The van der Waals surface area contributed by atoms with Gasteiger partial charge in [0.1, 0.15) is 11.9 Å². The van der Waals surface area contributed by atoms with E-state index >= 15 is 0 Å². The summed E-state index contributed by atoms with van der Waals surface area (Å²) in [5.41, 5.74) is 8.26. The Morgan fingerprint density at radius 1 is 1.17 bits per heavy atom. The van der Waals surface area contributed by atoms with E-state index in [2.05, 4.69) is 19.8 Å². The summed E-state index contributed by atoms with van der Waals surface area (Å²) in [4.78, 5) is 26.8. The van der Waals surface area contributed by atoms with Gasteiger partial charge in [0, 0.05) is 56.2 Å². The summed E-state index contributed by atoms with van der Waals surface area (Å²) in [6.45, 7) is 4.68. The molecule has 6 rings (SSSR count). The second-order valence-corrected chi connectivity index (χ2v) is 10.8. The molecular weight excluding hydrogens is 530 g/mol. The van der Waals surface area contributed by atoms with Gasteiger partial charge in [-0.25, -0.2) is 14.4 Å². The monoisotopic (exact) mass is 562 g/mol. The number of nitrogen functional groups attached to an aromatic ring is 1. The minimum Gasteiger partial charge on any atom is -0.483 e. The summed E-state index contributed by atoms with van der Waals surface area (Å²) in [7, 11) is 1.58. The number of nitrogens with zero attached hydrogens (tertiary/aromatic N) is 5. The largest absolute Gasteiger partial charge is 0.483 e. The van der Waals surface area contributed by atoms with E-state index in [4.69, 9.17) is 15.2 Å². The lowest BCUT2D eigenvalue weighted by atomic mass is 10.0. The molecular formula is C30H32F2N6O3. The first-order valence-corrected chi connectivity index (χ1v) is 13.7. The Morgan fingerprint density at radius 2 is 2.02 bits per heavy atom. The van der Waals surface area contributed by atoms with Gasteiger partial charge in [-0.1, -0.05) is 0 Å². The highest BCUT2D eigenvalue weighted by Gasteiger charge is 2.30. The lowest BCUT2D eigenvalue weighted by Gasteiger charge is -2.40. The number of piperidine rings is 1. The molecule has 0 aliphatic carbocycles. The third-order valence-electron chi connectivity index (χ3n) is 7.87. The smallest absolute Gasteiger partial charge is 0.213 e. The number of halogens is 2. The van der Waals surface area contributed by atoms with Gasteiger partial charge in [-0.15, -0.1) is 0 Å². The van der Waals surface area contributed by atoms with E-state index in [1.54, 1.807) is 38.7 Å². The fourth-order valence-electron chi connectivity index (χ4n) is 5.91. The normalized spacial score (nSPS) is 18.5. The number of methoxy groups -OCH3 is 1. The van der Waals surface area contributed by atoms with Gasteiger partial charge in [-0.05, 0) is 49.6 Å². The van der Waals surface area contributed by atoms with E-state index in [9.17, 15) is 13.6 Å². The zero-order valence-electron chi connectivity index (χ0n) is 23.0. The molecule has 2 N–H and O–H groups in total. The van der Waals surface area contributed by atoms with E-state index in [-0.39, 0.29) is 28.7 Å². The second kappa shape index (κ2) is 11.0. The summed E-state index contributed by atoms with van der Waals surface area (Å²) in [5.74, 6) is -1.39. The molecule has 0 unspecified atom stereocenters. The van der Waals surface area contributed by atoms with Crippen molar-refractivity contribution in [2.24, 2.45) is 0 Å². The molecule has 1 aromatic carbocycles. The van der Waals surface area contributed by atoms with Crippen LogP contribution in [-0.2, 0) is 19.6 Å². The predicted octanol–water partition coefficient (Wildman–Crippen LogP) is 4.11. The number of anilines is 2. The van der Waals surface area contributed by atoms with E-state index in [0.717, 1.165) is 43.2 Å². The molecule has 0 spiro atoms. The minimum atomic E-state index is -1.09. The van der Waals surface area contributed by atoms with Gasteiger partial charge in [0.25, 0.3) is 0 Å². The fourth-order valence-corrected chi connectivity index (χ4v) is 5.91. The molecule has 0 radical (unpaired) electrons. The molecule has 2 aliphatic rings. The summed E-state index contributed by atoms with van der Waals surface area (Å²) in [6, 6.07) is 8.67. The van der Waals surface area contributed by atoms with Crippen LogP contribution in [0.25, 0.3) is 10.9 Å². The van der Waals surface area contributed by atoms with Gasteiger partial charge in [-0.3, -0.25) is 9.69 Å². The van der Waals surface area contributed by atoms with Gasteiger partial charge in [0.05, 0.1) is 36.4 Å². The van der Waals surface area contributed by atoms with Crippen molar-refractivity contribution in [3.05, 3.63) is 81.9 Å². The first kappa shape index (κ1) is 26.9. The van der Waals surface area contributed by atoms with Crippen LogP contribution in [0.5, 0.6) is 11.6 Å². The molecule has 3 aromatic heterocycles. The number of rotatable bonds is 7. The molecule has 9 nitrogen and oxygen atoms in total. The van der Waals surface area contributed by atoms with Crippen molar-refractivity contribution in [2.75, 3.05) is 30.8 Å². The summed E-state index contributed by atoms with van der Waals surface area (Å²) >= 11 is 0. The van der Waals surface area contributed by atoms with E-state index < -0.39 is 11.6 Å². The number of ether oxygens (including phenoxy) is 2. The van der Waals surface area contributed by atoms with Crippen LogP contribution in [0, 0.1) is 11.6 Å². The Bertz CT molecular complexity index is 1640. The fraction of sp³-hybridized carbons (Fsp3) is 0.367. The molecule has 214 valence electrons. The van der Waals surface area contributed by atoms with E-state index in [0.29, 0.717) is 42.4 Å². The Hall–Kier alpha value is -4.25. The van der Waals surface area contributed by atoms with Crippen LogP contribution in [0.2, 0.25) is 0 Å². The quantitative estimate of drug-likeness (QED) is 0.359. The molecule has 5 heterocycles. The number of aromatic nitrogens is 3. The standard InChI is InChI=1S/C30H32F2N6O3/c1-18-13-38-16-20(29(39)23-11-24(31)27(32)30(41-18)28(23)38)15-37(14-19-7-8-34-26(10-19)40-2)22-4-3-9-36(17-22)21-5-6-25(33)35-12-21/h5-8,10-12,16,18,22H,3-4,9,13-15,17H2,1-2H3,(H2,33,35)/t18-,22-/m0/s1. The van der Waals surface area contributed by atoms with Gasteiger partial charge in [0.2, 0.25) is 11.7 Å². The molecule has 0 saturated carbocycles.